The number of hydrogen-bond donors (Lipinski definition) is 4. The molecule has 2 amide bonds. The maximum Gasteiger partial charge on any atom is 0.407 e. The van der Waals surface area contributed by atoms with Gasteiger partial charge in [-0.1, -0.05) is 57.9 Å². The van der Waals surface area contributed by atoms with Gasteiger partial charge >= 0.3 is 6.09 Å². The molecule has 3 atom stereocenters. The van der Waals surface area contributed by atoms with E-state index >= 15 is 0 Å². The number of carbonyl (C=O) groups is 2. The molecule has 0 saturated heterocycles. The molecule has 13 heteroatoms. The maximum absolute atomic E-state index is 14.0. The molecule has 0 radical (unpaired) electrons. The van der Waals surface area contributed by atoms with Crippen molar-refractivity contribution in [1.29, 1.82) is 0 Å². The number of nitrogens with one attached hydrogen (secondary N) is 3. The minimum absolute atomic E-state index is 0.0103. The van der Waals surface area contributed by atoms with Gasteiger partial charge in [0.15, 0.2) is 9.84 Å². The maximum atomic E-state index is 14.0. The number of aliphatic hydroxyl groups excluding tert-OH is 1. The van der Waals surface area contributed by atoms with E-state index in [9.17, 15) is 31.9 Å². The summed E-state index contributed by atoms with van der Waals surface area (Å²) in [5.74, 6) is -3.25. The summed E-state index contributed by atoms with van der Waals surface area (Å²) in [6.07, 6.45) is 0.407. The molecule has 0 bridgehead atoms. The van der Waals surface area contributed by atoms with Gasteiger partial charge in [-0.3, -0.25) is 4.79 Å². The molecule has 0 saturated carbocycles. The lowest BCUT2D eigenvalue weighted by molar-refractivity contribution is -0.124. The van der Waals surface area contributed by atoms with Crippen molar-refractivity contribution in [2.24, 2.45) is 0 Å². The van der Waals surface area contributed by atoms with Gasteiger partial charge in [0.1, 0.15) is 24.3 Å². The highest BCUT2D eigenvalue weighted by atomic mass is 32.2. The quantitative estimate of drug-likeness (QED) is 0.147. The van der Waals surface area contributed by atoms with Gasteiger partial charge in [-0.2, -0.15) is 0 Å². The van der Waals surface area contributed by atoms with Crippen LogP contribution in [0.25, 0.3) is 0 Å². The zero-order valence-corrected chi connectivity index (χ0v) is 28.0. The Bertz CT molecular complexity index is 1320. The highest BCUT2D eigenvalue weighted by Crippen LogP contribution is 2.18. The smallest absolute Gasteiger partial charge is 0.407 e. The average Bonchev–Trinajstić information content (AvgIpc) is 3.00. The molecule has 0 spiro atoms. The van der Waals surface area contributed by atoms with Crippen molar-refractivity contribution in [2.75, 3.05) is 32.6 Å². The molecule has 2 aromatic rings. The van der Waals surface area contributed by atoms with Crippen LogP contribution in [0, 0.1) is 11.6 Å². The van der Waals surface area contributed by atoms with Gasteiger partial charge in [0.2, 0.25) is 5.91 Å². The van der Waals surface area contributed by atoms with Crippen LogP contribution < -0.4 is 16.0 Å². The van der Waals surface area contributed by atoms with Crippen molar-refractivity contribution in [1.82, 2.24) is 16.0 Å². The molecule has 46 heavy (non-hydrogen) atoms. The lowest BCUT2D eigenvalue weighted by Crippen LogP contribution is -2.57. The van der Waals surface area contributed by atoms with Crippen LogP contribution >= 0.6 is 0 Å². The van der Waals surface area contributed by atoms with E-state index in [1.807, 2.05) is 45.0 Å². The van der Waals surface area contributed by atoms with Gasteiger partial charge in [-0.05, 0) is 54.5 Å². The Kier molecular flexibility index (Phi) is 17.1. The lowest BCUT2D eigenvalue weighted by atomic mass is 10.00. The summed E-state index contributed by atoms with van der Waals surface area (Å²) in [4.78, 5) is 26.2. The molecule has 0 aliphatic carbocycles. The first-order valence-electron chi connectivity index (χ1n) is 15.8. The fraction of sp³-hybridized carbons (Fsp3) is 0.576. The first kappa shape index (κ1) is 39.1. The third kappa shape index (κ3) is 13.7. The van der Waals surface area contributed by atoms with Crippen LogP contribution in [0.3, 0.4) is 0 Å². The molecule has 0 aliphatic heterocycles. The molecule has 4 N–H and O–H groups in total. The Labute approximate surface area is 271 Å². The number of methoxy groups -OCH3 is 1. The van der Waals surface area contributed by atoms with Gasteiger partial charge in [-0.25, -0.2) is 22.0 Å². The second-order valence-electron chi connectivity index (χ2n) is 11.3. The number of halogens is 2. The first-order valence-corrected chi connectivity index (χ1v) is 17.5. The number of benzene rings is 2. The van der Waals surface area contributed by atoms with Crippen LogP contribution in [-0.2, 0) is 43.5 Å². The number of ether oxygens (including phenoxy) is 2. The van der Waals surface area contributed by atoms with Crippen molar-refractivity contribution in [3.8, 4) is 0 Å². The van der Waals surface area contributed by atoms with Gasteiger partial charge in [0.25, 0.3) is 0 Å². The van der Waals surface area contributed by atoms with E-state index in [-0.39, 0.29) is 31.7 Å². The number of carbonyl (C=O) groups excluding carboxylic acids is 2. The van der Waals surface area contributed by atoms with Crippen molar-refractivity contribution < 1.29 is 41.4 Å². The van der Waals surface area contributed by atoms with Gasteiger partial charge in [-0.15, -0.1) is 0 Å². The standard InChI is InChI=1S/C33H49F2N3O7S/c1-5-9-28(10-6-2)46(42,43)22-30(38-33(41)45-14-13-44-4)32(40)37-29(18-25-16-26(34)19-27(35)17-25)31(39)21-36-20-24-12-8-11-23(7-3)15-24/h8,11-12,15-17,19,28-31,36,39H,5-7,9-10,13-14,18,20-22H2,1-4H3,(H,37,40)(H,38,41)/t29-,30?,31+/m0/s1. The Morgan fingerprint density at radius 1 is 0.913 bits per heavy atom. The van der Waals surface area contributed by atoms with Crippen molar-refractivity contribution in [3.63, 3.8) is 0 Å². The van der Waals surface area contributed by atoms with Gasteiger partial charge in [0.05, 0.1) is 29.8 Å². The van der Waals surface area contributed by atoms with E-state index in [1.54, 1.807) is 0 Å². The molecule has 0 aliphatic rings. The monoisotopic (exact) mass is 669 g/mol. The summed E-state index contributed by atoms with van der Waals surface area (Å²) in [6.45, 7) is 6.13. The highest BCUT2D eigenvalue weighted by Gasteiger charge is 2.34. The lowest BCUT2D eigenvalue weighted by Gasteiger charge is -2.28. The van der Waals surface area contributed by atoms with Crippen molar-refractivity contribution >= 4 is 21.8 Å². The molecule has 1 unspecified atom stereocenters. The van der Waals surface area contributed by atoms with Gasteiger partial charge in [0, 0.05) is 26.3 Å². The third-order valence-corrected chi connectivity index (χ3v) is 9.79. The van der Waals surface area contributed by atoms with E-state index in [0.29, 0.717) is 38.3 Å². The van der Waals surface area contributed by atoms with Crippen molar-refractivity contribution in [2.45, 2.75) is 89.3 Å². The fourth-order valence-electron chi connectivity index (χ4n) is 5.12. The summed E-state index contributed by atoms with van der Waals surface area (Å²) in [7, 11) is -2.45. The normalized spacial score (nSPS) is 13.7. The number of amides is 2. The molecular formula is C33H49F2N3O7S. The Morgan fingerprint density at radius 2 is 1.57 bits per heavy atom. The summed E-state index contributed by atoms with van der Waals surface area (Å²) in [5.41, 5.74) is 2.29. The second-order valence-corrected chi connectivity index (χ2v) is 13.6. The molecule has 258 valence electrons. The number of rotatable bonds is 21. The molecule has 0 fully saturated rings. The largest absolute Gasteiger partial charge is 0.447 e. The first-order chi connectivity index (χ1) is 21.9. The predicted molar refractivity (Wildman–Crippen MR) is 173 cm³/mol. The Morgan fingerprint density at radius 3 is 2.17 bits per heavy atom. The summed E-state index contributed by atoms with van der Waals surface area (Å²) in [5, 5.41) is 18.6. The second kappa shape index (κ2) is 20.2. The number of aryl methyl sites for hydroxylation is 1. The molecule has 0 aromatic heterocycles. The zero-order valence-electron chi connectivity index (χ0n) is 27.2. The van der Waals surface area contributed by atoms with E-state index in [2.05, 4.69) is 16.0 Å². The molecular weight excluding hydrogens is 620 g/mol. The fourth-order valence-corrected chi connectivity index (χ4v) is 7.28. The van der Waals surface area contributed by atoms with Gasteiger partial charge < -0.3 is 30.5 Å². The van der Waals surface area contributed by atoms with E-state index in [0.717, 1.165) is 29.7 Å². The summed E-state index contributed by atoms with van der Waals surface area (Å²) < 4.78 is 64.9. The highest BCUT2D eigenvalue weighted by molar-refractivity contribution is 7.92. The predicted octanol–water partition coefficient (Wildman–Crippen LogP) is 3.83. The SMILES string of the molecule is CCCC(CCC)S(=O)(=O)CC(NC(=O)OCCOC)C(=O)N[C@@H](Cc1cc(F)cc(F)c1)[C@H](O)CNCc1cccc(CC)c1. The third-order valence-electron chi connectivity index (χ3n) is 7.51. The van der Waals surface area contributed by atoms with Crippen LogP contribution in [0.4, 0.5) is 13.6 Å². The Hall–Kier alpha value is -3.13. The zero-order chi connectivity index (χ0) is 34.1. The van der Waals surface area contributed by atoms with Crippen LogP contribution in [0.2, 0.25) is 0 Å². The summed E-state index contributed by atoms with van der Waals surface area (Å²) >= 11 is 0. The van der Waals surface area contributed by atoms with Crippen molar-refractivity contribution in [3.05, 3.63) is 70.8 Å². The minimum Gasteiger partial charge on any atom is -0.447 e. The number of alkyl carbamates (subject to hydrolysis) is 1. The minimum atomic E-state index is -3.87. The molecule has 2 rings (SSSR count). The number of sulfone groups is 1. The van der Waals surface area contributed by atoms with Crippen LogP contribution in [0.15, 0.2) is 42.5 Å². The number of hydrogen-bond acceptors (Lipinski definition) is 8. The molecule has 0 heterocycles. The summed E-state index contributed by atoms with van der Waals surface area (Å²) in [6, 6.07) is 8.11. The van der Waals surface area contributed by atoms with E-state index < -0.39 is 62.7 Å². The van der Waals surface area contributed by atoms with Crippen LogP contribution in [-0.4, -0.2) is 81.6 Å². The van der Waals surface area contributed by atoms with E-state index in [1.165, 1.54) is 7.11 Å². The molecule has 2 aromatic carbocycles. The Balaban J connectivity index is 2.32. The van der Waals surface area contributed by atoms with Crippen LogP contribution in [0.5, 0.6) is 0 Å². The average molecular weight is 670 g/mol. The van der Waals surface area contributed by atoms with E-state index in [4.69, 9.17) is 9.47 Å². The van der Waals surface area contributed by atoms with Crippen LogP contribution in [0.1, 0.15) is 63.1 Å². The number of aliphatic hydroxyl groups is 1. The topological polar surface area (TPSA) is 143 Å². The molecule has 10 nitrogen and oxygen atoms in total.